The summed E-state index contributed by atoms with van der Waals surface area (Å²) in [7, 11) is 0. The largest absolute Gasteiger partial charge is 0.330 e. The van der Waals surface area contributed by atoms with Gasteiger partial charge in [0.2, 0.25) is 0 Å². The van der Waals surface area contributed by atoms with E-state index in [1.807, 2.05) is 12.1 Å². The molecule has 0 saturated heterocycles. The van der Waals surface area contributed by atoms with Crippen molar-refractivity contribution in [2.75, 3.05) is 6.54 Å². The molecule has 13 heavy (non-hydrogen) atoms. The average molecular weight is 198 g/mol. The van der Waals surface area contributed by atoms with Crippen LogP contribution in [0.15, 0.2) is 18.2 Å². The molecule has 2 heteroatoms. The van der Waals surface area contributed by atoms with E-state index in [0.29, 0.717) is 12.5 Å². The third kappa shape index (κ3) is 2.45. The van der Waals surface area contributed by atoms with Crippen molar-refractivity contribution in [3.63, 3.8) is 0 Å². The van der Waals surface area contributed by atoms with Gasteiger partial charge in [0.15, 0.2) is 0 Å². The lowest BCUT2D eigenvalue weighted by Crippen LogP contribution is -2.10. The molecule has 0 bridgehead atoms. The van der Waals surface area contributed by atoms with Gasteiger partial charge in [0.25, 0.3) is 0 Å². The highest BCUT2D eigenvalue weighted by Crippen LogP contribution is 2.23. The molecule has 1 rings (SSSR count). The van der Waals surface area contributed by atoms with Crippen LogP contribution in [-0.2, 0) is 6.42 Å². The number of hydrogen-bond donors (Lipinski definition) is 1. The van der Waals surface area contributed by atoms with E-state index in [9.17, 15) is 0 Å². The molecule has 0 heterocycles. The Morgan fingerprint density at radius 3 is 2.69 bits per heavy atom. The van der Waals surface area contributed by atoms with Crippen LogP contribution in [0.1, 0.15) is 30.9 Å². The predicted octanol–water partition coefficient (Wildman–Crippen LogP) is 2.96. The monoisotopic (exact) mass is 197 g/mol. The van der Waals surface area contributed by atoms with Crippen LogP contribution in [0, 0.1) is 0 Å². The van der Waals surface area contributed by atoms with Crippen LogP contribution < -0.4 is 5.73 Å². The maximum Gasteiger partial charge on any atom is 0.0409 e. The summed E-state index contributed by atoms with van der Waals surface area (Å²) >= 11 is 5.93. The van der Waals surface area contributed by atoms with Gasteiger partial charge in [0, 0.05) is 5.02 Å². The Kier molecular flexibility index (Phi) is 3.76. The second-order valence-corrected chi connectivity index (χ2v) is 3.77. The Labute approximate surface area is 84.9 Å². The van der Waals surface area contributed by atoms with Crippen LogP contribution in [0.5, 0.6) is 0 Å². The average Bonchev–Trinajstić information content (AvgIpc) is 2.16. The van der Waals surface area contributed by atoms with Gasteiger partial charge in [-0.15, -0.1) is 0 Å². The molecule has 0 saturated carbocycles. The standard InChI is InChI=1S/C11H16ClN/c1-3-9-4-5-10(12)6-11(9)8(2)7-13/h4-6,8H,3,7,13H2,1-2H3. The molecule has 1 aromatic rings. The van der Waals surface area contributed by atoms with Gasteiger partial charge < -0.3 is 5.73 Å². The van der Waals surface area contributed by atoms with Crippen molar-refractivity contribution in [2.45, 2.75) is 26.2 Å². The summed E-state index contributed by atoms with van der Waals surface area (Å²) in [6.07, 6.45) is 1.04. The Morgan fingerprint density at radius 1 is 1.46 bits per heavy atom. The van der Waals surface area contributed by atoms with Gasteiger partial charge in [-0.3, -0.25) is 0 Å². The number of hydrogen-bond acceptors (Lipinski definition) is 1. The topological polar surface area (TPSA) is 26.0 Å². The minimum atomic E-state index is 0.397. The van der Waals surface area contributed by atoms with Crippen LogP contribution in [0.2, 0.25) is 5.02 Å². The number of nitrogens with two attached hydrogens (primary N) is 1. The maximum absolute atomic E-state index is 5.93. The number of aryl methyl sites for hydroxylation is 1. The summed E-state index contributed by atoms with van der Waals surface area (Å²) < 4.78 is 0. The van der Waals surface area contributed by atoms with Crippen molar-refractivity contribution in [3.8, 4) is 0 Å². The highest BCUT2D eigenvalue weighted by Gasteiger charge is 2.08. The second-order valence-electron chi connectivity index (χ2n) is 3.33. The van der Waals surface area contributed by atoms with E-state index in [2.05, 4.69) is 19.9 Å². The van der Waals surface area contributed by atoms with E-state index in [4.69, 9.17) is 17.3 Å². The first kappa shape index (κ1) is 10.6. The summed E-state index contributed by atoms with van der Waals surface area (Å²) in [4.78, 5) is 0. The van der Waals surface area contributed by atoms with Crippen molar-refractivity contribution >= 4 is 11.6 Å². The molecule has 1 unspecified atom stereocenters. The van der Waals surface area contributed by atoms with E-state index < -0.39 is 0 Å². The van der Waals surface area contributed by atoms with Gasteiger partial charge in [-0.1, -0.05) is 31.5 Å². The van der Waals surface area contributed by atoms with E-state index in [1.54, 1.807) is 0 Å². The molecule has 0 amide bonds. The molecule has 0 spiro atoms. The zero-order valence-corrected chi connectivity index (χ0v) is 8.93. The zero-order valence-electron chi connectivity index (χ0n) is 8.18. The Balaban J connectivity index is 3.07. The molecule has 72 valence electrons. The highest BCUT2D eigenvalue weighted by molar-refractivity contribution is 6.30. The van der Waals surface area contributed by atoms with Gasteiger partial charge in [-0.05, 0) is 42.1 Å². The van der Waals surface area contributed by atoms with E-state index in [-0.39, 0.29) is 0 Å². The lowest BCUT2D eigenvalue weighted by molar-refractivity contribution is 0.762. The zero-order chi connectivity index (χ0) is 9.84. The molecule has 0 aliphatic rings. The maximum atomic E-state index is 5.93. The first-order chi connectivity index (χ1) is 6.19. The third-order valence-corrected chi connectivity index (χ3v) is 2.61. The van der Waals surface area contributed by atoms with Crippen LogP contribution in [0.3, 0.4) is 0 Å². The fourth-order valence-corrected chi connectivity index (χ4v) is 1.65. The molecule has 0 fully saturated rings. The lowest BCUT2D eigenvalue weighted by atomic mass is 9.94. The summed E-state index contributed by atoms with van der Waals surface area (Å²) in [6.45, 7) is 4.95. The van der Waals surface area contributed by atoms with Crippen LogP contribution in [-0.4, -0.2) is 6.54 Å². The molecular formula is C11H16ClN. The summed E-state index contributed by atoms with van der Waals surface area (Å²) in [5.41, 5.74) is 8.27. The second kappa shape index (κ2) is 4.64. The quantitative estimate of drug-likeness (QED) is 0.792. The minimum absolute atomic E-state index is 0.397. The van der Waals surface area contributed by atoms with Crippen molar-refractivity contribution < 1.29 is 0 Å². The molecule has 2 N–H and O–H groups in total. The Bertz CT molecular complexity index is 283. The van der Waals surface area contributed by atoms with Crippen LogP contribution in [0.25, 0.3) is 0 Å². The normalized spacial score (nSPS) is 12.9. The SMILES string of the molecule is CCc1ccc(Cl)cc1C(C)CN. The van der Waals surface area contributed by atoms with Gasteiger partial charge in [-0.2, -0.15) is 0 Å². The van der Waals surface area contributed by atoms with Crippen LogP contribution in [0.4, 0.5) is 0 Å². The van der Waals surface area contributed by atoms with Gasteiger partial charge in [0.1, 0.15) is 0 Å². The van der Waals surface area contributed by atoms with Gasteiger partial charge in [-0.25, -0.2) is 0 Å². The predicted molar refractivity (Wildman–Crippen MR) is 58.3 cm³/mol. The number of halogens is 1. The molecule has 0 radical (unpaired) electrons. The third-order valence-electron chi connectivity index (χ3n) is 2.37. The van der Waals surface area contributed by atoms with E-state index >= 15 is 0 Å². The Hall–Kier alpha value is -0.530. The van der Waals surface area contributed by atoms with Crippen molar-refractivity contribution in [1.82, 2.24) is 0 Å². The van der Waals surface area contributed by atoms with Gasteiger partial charge >= 0.3 is 0 Å². The fourth-order valence-electron chi connectivity index (χ4n) is 1.47. The van der Waals surface area contributed by atoms with Crippen LogP contribution >= 0.6 is 11.6 Å². The Morgan fingerprint density at radius 2 is 2.15 bits per heavy atom. The first-order valence-corrected chi connectivity index (χ1v) is 5.05. The molecule has 1 aromatic carbocycles. The minimum Gasteiger partial charge on any atom is -0.330 e. The molecule has 0 aliphatic heterocycles. The fraction of sp³-hybridized carbons (Fsp3) is 0.455. The summed E-state index contributed by atoms with van der Waals surface area (Å²) in [5.74, 6) is 0.397. The van der Waals surface area contributed by atoms with Crippen molar-refractivity contribution in [2.24, 2.45) is 5.73 Å². The number of rotatable bonds is 3. The number of benzene rings is 1. The molecule has 1 nitrogen and oxygen atoms in total. The van der Waals surface area contributed by atoms with Crippen molar-refractivity contribution in [1.29, 1.82) is 0 Å². The molecule has 0 aromatic heterocycles. The lowest BCUT2D eigenvalue weighted by Gasteiger charge is -2.13. The van der Waals surface area contributed by atoms with E-state index in [1.165, 1.54) is 11.1 Å². The first-order valence-electron chi connectivity index (χ1n) is 4.67. The smallest absolute Gasteiger partial charge is 0.0409 e. The summed E-state index contributed by atoms with van der Waals surface area (Å²) in [5, 5.41) is 0.799. The summed E-state index contributed by atoms with van der Waals surface area (Å²) in [6, 6.07) is 6.05. The van der Waals surface area contributed by atoms with Crippen molar-refractivity contribution in [3.05, 3.63) is 34.3 Å². The molecule has 1 atom stereocenters. The molecular weight excluding hydrogens is 182 g/mol. The highest BCUT2D eigenvalue weighted by atomic mass is 35.5. The van der Waals surface area contributed by atoms with Gasteiger partial charge in [0.05, 0.1) is 0 Å². The molecule has 0 aliphatic carbocycles. The van der Waals surface area contributed by atoms with E-state index in [0.717, 1.165) is 11.4 Å².